The highest BCUT2D eigenvalue weighted by atomic mass is 16.6. The first kappa shape index (κ1) is 12.9. The van der Waals surface area contributed by atoms with Gasteiger partial charge in [0, 0.05) is 12.1 Å². The van der Waals surface area contributed by atoms with Crippen LogP contribution in [-0.4, -0.2) is 26.2 Å². The molecular formula is C12H12N4O3. The Kier molecular flexibility index (Phi) is 3.65. The second-order valence-electron chi connectivity index (χ2n) is 3.98. The number of carbonyl (C=O) groups is 1. The summed E-state index contributed by atoms with van der Waals surface area (Å²) in [6.45, 7) is 1.97. The van der Waals surface area contributed by atoms with Crippen molar-refractivity contribution < 1.29 is 9.72 Å². The summed E-state index contributed by atoms with van der Waals surface area (Å²) in [6, 6.07) is 6.07. The van der Waals surface area contributed by atoms with E-state index in [1.165, 1.54) is 16.8 Å². The Bertz CT molecular complexity index is 621. The number of benzene rings is 1. The van der Waals surface area contributed by atoms with Gasteiger partial charge >= 0.3 is 0 Å². The molecule has 0 atom stereocenters. The molecule has 0 aliphatic carbocycles. The normalized spacial score (nSPS) is 10.4. The van der Waals surface area contributed by atoms with Crippen molar-refractivity contribution in [2.24, 2.45) is 0 Å². The monoisotopic (exact) mass is 260 g/mol. The van der Waals surface area contributed by atoms with Crippen molar-refractivity contribution in [3.8, 4) is 5.69 Å². The van der Waals surface area contributed by atoms with Crippen molar-refractivity contribution in [3.05, 3.63) is 45.8 Å². The quantitative estimate of drug-likeness (QED) is 0.465. The largest absolute Gasteiger partial charge is 0.296 e. The average molecular weight is 260 g/mol. The Morgan fingerprint density at radius 2 is 2.26 bits per heavy atom. The Morgan fingerprint density at radius 1 is 1.47 bits per heavy atom. The summed E-state index contributed by atoms with van der Waals surface area (Å²) in [5, 5.41) is 18.4. The molecule has 7 heteroatoms. The second kappa shape index (κ2) is 5.38. The van der Waals surface area contributed by atoms with Crippen LogP contribution in [0.3, 0.4) is 0 Å². The van der Waals surface area contributed by atoms with Gasteiger partial charge in [-0.3, -0.25) is 14.9 Å². The zero-order chi connectivity index (χ0) is 13.8. The molecule has 0 spiro atoms. The third-order valence-electron chi connectivity index (χ3n) is 2.68. The van der Waals surface area contributed by atoms with E-state index >= 15 is 0 Å². The van der Waals surface area contributed by atoms with Crippen LogP contribution < -0.4 is 0 Å². The van der Waals surface area contributed by atoms with Crippen LogP contribution in [0, 0.1) is 10.1 Å². The molecule has 0 radical (unpaired) electrons. The Balaban J connectivity index is 2.52. The van der Waals surface area contributed by atoms with E-state index in [0.29, 0.717) is 24.1 Å². The van der Waals surface area contributed by atoms with Gasteiger partial charge < -0.3 is 0 Å². The molecule has 0 aliphatic rings. The van der Waals surface area contributed by atoms with Crippen molar-refractivity contribution in [3.63, 3.8) is 0 Å². The number of aldehydes is 1. The molecule has 2 aromatic rings. The highest BCUT2D eigenvalue weighted by molar-refractivity contribution is 5.73. The molecule has 0 saturated carbocycles. The van der Waals surface area contributed by atoms with Gasteiger partial charge in [-0.1, -0.05) is 24.6 Å². The molecule has 0 fully saturated rings. The molecule has 19 heavy (non-hydrogen) atoms. The topological polar surface area (TPSA) is 90.9 Å². The van der Waals surface area contributed by atoms with Gasteiger partial charge in [-0.25, -0.2) is 4.68 Å². The van der Waals surface area contributed by atoms with Crippen molar-refractivity contribution in [2.45, 2.75) is 19.8 Å². The van der Waals surface area contributed by atoms with Gasteiger partial charge in [0.25, 0.3) is 5.69 Å². The van der Waals surface area contributed by atoms with E-state index < -0.39 is 4.92 Å². The lowest BCUT2D eigenvalue weighted by molar-refractivity contribution is -0.384. The maximum Gasteiger partial charge on any atom is 0.271 e. The zero-order valence-corrected chi connectivity index (χ0v) is 10.3. The fraction of sp³-hybridized carbons (Fsp3) is 0.250. The van der Waals surface area contributed by atoms with Gasteiger partial charge in [0.2, 0.25) is 0 Å². The molecule has 0 amide bonds. The predicted molar refractivity (Wildman–Crippen MR) is 67.4 cm³/mol. The summed E-state index contributed by atoms with van der Waals surface area (Å²) in [7, 11) is 0. The molecule has 7 nitrogen and oxygen atoms in total. The molecule has 0 bridgehead atoms. The summed E-state index contributed by atoms with van der Waals surface area (Å²) < 4.78 is 1.47. The Morgan fingerprint density at radius 3 is 2.89 bits per heavy atom. The number of nitrogens with zero attached hydrogens (tertiary/aromatic N) is 4. The summed E-state index contributed by atoms with van der Waals surface area (Å²) in [5.41, 5.74) is 1.44. The smallest absolute Gasteiger partial charge is 0.271 e. The van der Waals surface area contributed by atoms with Crippen LogP contribution in [0.4, 0.5) is 5.69 Å². The molecule has 0 aliphatic heterocycles. The molecule has 1 heterocycles. The van der Waals surface area contributed by atoms with Crippen LogP contribution in [0.2, 0.25) is 0 Å². The maximum absolute atomic E-state index is 10.9. The third kappa shape index (κ3) is 2.49. The van der Waals surface area contributed by atoms with Gasteiger partial charge in [0.15, 0.2) is 6.29 Å². The minimum Gasteiger partial charge on any atom is -0.296 e. The molecular weight excluding hydrogens is 248 g/mol. The lowest BCUT2D eigenvalue weighted by atomic mass is 10.2. The van der Waals surface area contributed by atoms with Crippen molar-refractivity contribution in [2.75, 3.05) is 0 Å². The fourth-order valence-electron chi connectivity index (χ4n) is 1.82. The molecule has 1 aromatic carbocycles. The highest BCUT2D eigenvalue weighted by Gasteiger charge is 2.14. The summed E-state index contributed by atoms with van der Waals surface area (Å²) in [4.78, 5) is 21.2. The third-order valence-corrected chi connectivity index (χ3v) is 2.68. The van der Waals surface area contributed by atoms with Crippen LogP contribution in [0.5, 0.6) is 0 Å². The van der Waals surface area contributed by atoms with Gasteiger partial charge in [-0.2, -0.15) is 0 Å². The molecule has 0 saturated heterocycles. The number of carbonyl (C=O) groups excluding carboxylic acids is 1. The maximum atomic E-state index is 10.9. The fourth-order valence-corrected chi connectivity index (χ4v) is 1.82. The van der Waals surface area contributed by atoms with E-state index in [4.69, 9.17) is 0 Å². The van der Waals surface area contributed by atoms with Crippen LogP contribution in [-0.2, 0) is 6.42 Å². The first-order valence-electron chi connectivity index (χ1n) is 5.82. The van der Waals surface area contributed by atoms with Gasteiger partial charge in [-0.15, -0.1) is 5.10 Å². The minimum absolute atomic E-state index is 0.0249. The lowest BCUT2D eigenvalue weighted by Crippen LogP contribution is -2.04. The molecule has 0 N–H and O–H groups in total. The molecule has 1 aromatic heterocycles. The molecule has 98 valence electrons. The Labute approximate surface area is 109 Å². The SMILES string of the molecule is CCCc1c(C=O)nnn1-c1cccc([N+](=O)[O-])c1. The number of nitro benzene ring substituents is 1. The number of hydrogen-bond acceptors (Lipinski definition) is 5. The van der Waals surface area contributed by atoms with Crippen molar-refractivity contribution >= 4 is 12.0 Å². The Hall–Kier alpha value is -2.57. The van der Waals surface area contributed by atoms with E-state index in [1.807, 2.05) is 6.92 Å². The van der Waals surface area contributed by atoms with E-state index in [1.54, 1.807) is 12.1 Å². The lowest BCUT2D eigenvalue weighted by Gasteiger charge is -2.05. The van der Waals surface area contributed by atoms with E-state index in [0.717, 1.165) is 6.42 Å². The highest BCUT2D eigenvalue weighted by Crippen LogP contribution is 2.19. The minimum atomic E-state index is -0.472. The van der Waals surface area contributed by atoms with Crippen molar-refractivity contribution in [1.82, 2.24) is 15.0 Å². The van der Waals surface area contributed by atoms with Crippen molar-refractivity contribution in [1.29, 1.82) is 0 Å². The van der Waals surface area contributed by atoms with Gasteiger partial charge in [-0.05, 0) is 12.5 Å². The summed E-state index contributed by atoms with van der Waals surface area (Å²) in [6.07, 6.45) is 2.10. The predicted octanol–water partition coefficient (Wildman–Crippen LogP) is 1.94. The number of hydrogen-bond donors (Lipinski definition) is 0. The summed E-state index contributed by atoms with van der Waals surface area (Å²) >= 11 is 0. The van der Waals surface area contributed by atoms with E-state index in [-0.39, 0.29) is 11.4 Å². The first-order chi connectivity index (χ1) is 9.17. The number of rotatable bonds is 5. The van der Waals surface area contributed by atoms with Gasteiger partial charge in [0.05, 0.1) is 16.3 Å². The second-order valence-corrected chi connectivity index (χ2v) is 3.98. The van der Waals surface area contributed by atoms with E-state index in [9.17, 15) is 14.9 Å². The van der Waals surface area contributed by atoms with Crippen LogP contribution in [0.15, 0.2) is 24.3 Å². The molecule has 0 unspecified atom stereocenters. The number of non-ortho nitro benzene ring substituents is 1. The van der Waals surface area contributed by atoms with Crippen LogP contribution in [0.1, 0.15) is 29.5 Å². The van der Waals surface area contributed by atoms with Crippen LogP contribution >= 0.6 is 0 Å². The first-order valence-corrected chi connectivity index (χ1v) is 5.82. The number of aromatic nitrogens is 3. The molecule has 2 rings (SSSR count). The van der Waals surface area contributed by atoms with E-state index in [2.05, 4.69) is 10.3 Å². The standard InChI is InChI=1S/C12H12N4O3/c1-2-4-12-11(8-17)13-14-15(12)9-5-3-6-10(7-9)16(18)19/h3,5-8H,2,4H2,1H3. The van der Waals surface area contributed by atoms with Crippen LogP contribution in [0.25, 0.3) is 5.69 Å². The summed E-state index contributed by atoms with van der Waals surface area (Å²) in [5.74, 6) is 0. The number of nitro groups is 1. The average Bonchev–Trinajstić information content (AvgIpc) is 2.82. The van der Waals surface area contributed by atoms with Gasteiger partial charge in [0.1, 0.15) is 5.69 Å². The zero-order valence-electron chi connectivity index (χ0n) is 10.3.